The molecule has 0 aromatic heterocycles. The molecule has 180 valence electrons. The van der Waals surface area contributed by atoms with Gasteiger partial charge in [-0.25, -0.2) is 0 Å². The summed E-state index contributed by atoms with van der Waals surface area (Å²) in [5.74, 6) is 0. The van der Waals surface area contributed by atoms with Crippen LogP contribution in [0.3, 0.4) is 0 Å². The second-order valence-electron chi connectivity index (χ2n) is 8.82. The summed E-state index contributed by atoms with van der Waals surface area (Å²) < 4.78 is 33.6. The molecule has 0 radical (unpaired) electrons. The minimum atomic E-state index is -4.31. The Morgan fingerprint density at radius 1 is 0.514 bits per heavy atom. The van der Waals surface area contributed by atoms with Crippen molar-refractivity contribution in [2.75, 3.05) is 0 Å². The van der Waals surface area contributed by atoms with Gasteiger partial charge in [-0.15, -0.1) is 0 Å². The molecule has 0 saturated carbocycles. The van der Waals surface area contributed by atoms with Gasteiger partial charge >= 0.3 is 9.15 Å². The summed E-state index contributed by atoms with van der Waals surface area (Å²) in [5, 5.41) is 4.11. The van der Waals surface area contributed by atoms with Gasteiger partial charge in [0, 0.05) is 21.3 Å². The fourth-order valence-corrected chi connectivity index (χ4v) is 6.76. The quantitative estimate of drug-likeness (QED) is 0.183. The van der Waals surface area contributed by atoms with Gasteiger partial charge in [0.2, 0.25) is 0 Å². The van der Waals surface area contributed by atoms with Crippen LogP contribution in [0.4, 0.5) is 0 Å². The van der Waals surface area contributed by atoms with Crippen LogP contribution in [0, 0.1) is 0 Å². The monoisotopic (exact) mass is 518 g/mol. The van der Waals surface area contributed by atoms with Crippen molar-refractivity contribution in [2.45, 2.75) is 4.90 Å². The summed E-state index contributed by atoms with van der Waals surface area (Å²) in [5.41, 5.74) is 6.10. The zero-order valence-corrected chi connectivity index (χ0v) is 21.3. The van der Waals surface area contributed by atoms with Gasteiger partial charge in [-0.3, -0.25) is 4.55 Å². The molecule has 5 heteroatoms. The zero-order valence-electron chi connectivity index (χ0n) is 19.7. The summed E-state index contributed by atoms with van der Waals surface area (Å²) in [6, 6.07) is 42.6. The fourth-order valence-electron chi connectivity index (χ4n) is 5.00. The Labute approximate surface area is 219 Å². The smallest absolute Gasteiger partial charge is 0.277 e. The average Bonchev–Trinajstić information content (AvgIpc) is 2.92. The summed E-state index contributed by atoms with van der Waals surface area (Å²) in [7, 11) is -3.84. The van der Waals surface area contributed by atoms with Crippen LogP contribution in [0.5, 0.6) is 0 Å². The Morgan fingerprint density at radius 3 is 1.76 bits per heavy atom. The third kappa shape index (κ3) is 4.65. The molecule has 1 N–H and O–H groups in total. The highest BCUT2D eigenvalue weighted by Crippen LogP contribution is 2.43. The number of hydrogen-bond acceptors (Lipinski definition) is 3. The average molecular weight is 519 g/mol. The highest BCUT2D eigenvalue weighted by Gasteiger charge is 2.18. The van der Waals surface area contributed by atoms with Gasteiger partial charge in [-0.2, -0.15) is 8.42 Å². The molecule has 0 saturated heterocycles. The van der Waals surface area contributed by atoms with Gasteiger partial charge in [0.1, 0.15) is 0 Å². The van der Waals surface area contributed by atoms with Gasteiger partial charge in [0.05, 0.1) is 0 Å². The van der Waals surface area contributed by atoms with Gasteiger partial charge in [0.25, 0.3) is 0 Å². The summed E-state index contributed by atoms with van der Waals surface area (Å²) in [6.07, 6.45) is 0. The van der Waals surface area contributed by atoms with Crippen LogP contribution in [-0.4, -0.2) is 13.0 Å². The molecule has 0 unspecified atom stereocenters. The summed E-state index contributed by atoms with van der Waals surface area (Å²) >= 11 is 0. The van der Waals surface area contributed by atoms with Crippen molar-refractivity contribution in [3.63, 3.8) is 0 Å². The van der Waals surface area contributed by atoms with Gasteiger partial charge in [-0.05, 0) is 61.5 Å². The molecule has 0 bridgehead atoms. The first-order chi connectivity index (χ1) is 18.0. The van der Waals surface area contributed by atoms with Crippen molar-refractivity contribution in [3.8, 4) is 33.4 Å². The molecule has 6 aromatic rings. The number of fused-ring (bicyclic) bond motifs is 2. The Hall–Kier alpha value is -3.90. The highest BCUT2D eigenvalue weighted by molar-refractivity contribution is 8.70. The van der Waals surface area contributed by atoms with Crippen LogP contribution in [0.15, 0.2) is 132 Å². The first-order valence-corrected chi connectivity index (χ1v) is 14.6. The summed E-state index contributed by atoms with van der Waals surface area (Å²) in [6.45, 7) is 0. The molecule has 37 heavy (non-hydrogen) atoms. The number of rotatable bonds is 5. The Balaban J connectivity index is 1.61. The van der Waals surface area contributed by atoms with E-state index in [0.717, 1.165) is 54.9 Å². The van der Waals surface area contributed by atoms with E-state index in [1.807, 2.05) is 66.7 Å². The van der Waals surface area contributed by atoms with E-state index in [4.69, 9.17) is 0 Å². The Kier molecular flexibility index (Phi) is 6.05. The summed E-state index contributed by atoms with van der Waals surface area (Å²) in [4.78, 5) is 0.485. The van der Waals surface area contributed by atoms with Crippen LogP contribution < -0.4 is 0 Å². The van der Waals surface area contributed by atoms with Crippen molar-refractivity contribution in [1.29, 1.82) is 0 Å². The van der Waals surface area contributed by atoms with E-state index in [9.17, 15) is 13.0 Å². The molecule has 0 aliphatic heterocycles. The zero-order chi connectivity index (χ0) is 25.4. The lowest BCUT2D eigenvalue weighted by Crippen LogP contribution is -1.93. The topological polar surface area (TPSA) is 54.4 Å². The first-order valence-electron chi connectivity index (χ1n) is 11.8. The lowest BCUT2D eigenvalue weighted by molar-refractivity contribution is 0.503. The normalized spacial score (nSPS) is 11.7. The maximum Gasteiger partial charge on any atom is 0.324 e. The third-order valence-electron chi connectivity index (χ3n) is 6.56. The van der Waals surface area contributed by atoms with Crippen LogP contribution in [0.1, 0.15) is 0 Å². The number of benzene rings is 6. The van der Waals surface area contributed by atoms with Crippen LogP contribution in [0.2, 0.25) is 0 Å². The second-order valence-corrected chi connectivity index (χ2v) is 12.0. The van der Waals surface area contributed by atoms with Crippen molar-refractivity contribution in [3.05, 3.63) is 127 Å². The van der Waals surface area contributed by atoms with Crippen molar-refractivity contribution in [1.82, 2.24) is 0 Å². The van der Waals surface area contributed by atoms with E-state index in [0.29, 0.717) is 15.7 Å². The molecule has 0 aliphatic rings. The minimum Gasteiger partial charge on any atom is -0.277 e. The maximum absolute atomic E-state index is 11.9. The van der Waals surface area contributed by atoms with Crippen molar-refractivity contribution in [2.24, 2.45) is 0 Å². The molecular weight excluding hydrogens is 496 g/mol. The lowest BCUT2D eigenvalue weighted by Gasteiger charge is -2.16. The molecular formula is C32H22O3S2. The predicted octanol–water partition coefficient (Wildman–Crippen LogP) is 8.89. The largest absolute Gasteiger partial charge is 0.324 e. The van der Waals surface area contributed by atoms with E-state index in [2.05, 4.69) is 54.6 Å². The number of hydrogen-bond donors (Lipinski definition) is 1. The highest BCUT2D eigenvalue weighted by atomic mass is 33.1. The van der Waals surface area contributed by atoms with E-state index in [1.54, 1.807) is 6.07 Å². The molecule has 0 amide bonds. The lowest BCUT2D eigenvalue weighted by atomic mass is 9.91. The molecule has 6 aromatic carbocycles. The third-order valence-corrected chi connectivity index (χ3v) is 8.46. The van der Waals surface area contributed by atoms with Crippen molar-refractivity contribution < 1.29 is 13.0 Å². The van der Waals surface area contributed by atoms with Gasteiger partial charge in [0.15, 0.2) is 0 Å². The van der Waals surface area contributed by atoms with E-state index < -0.39 is 9.15 Å². The second kappa shape index (κ2) is 9.52. The fraction of sp³-hybridized carbons (Fsp3) is 0. The van der Waals surface area contributed by atoms with Crippen LogP contribution >= 0.6 is 10.8 Å². The molecule has 0 fully saturated rings. The first kappa shape index (κ1) is 23.5. The molecule has 6 rings (SSSR count). The van der Waals surface area contributed by atoms with Crippen LogP contribution in [-0.2, 0) is 9.15 Å². The van der Waals surface area contributed by atoms with Crippen molar-refractivity contribution >= 4 is 41.5 Å². The molecule has 3 nitrogen and oxygen atoms in total. The predicted molar refractivity (Wildman–Crippen MR) is 155 cm³/mol. The van der Waals surface area contributed by atoms with Gasteiger partial charge in [-0.1, -0.05) is 115 Å². The molecule has 0 spiro atoms. The van der Waals surface area contributed by atoms with E-state index in [-0.39, 0.29) is 0 Å². The van der Waals surface area contributed by atoms with E-state index in [1.165, 1.54) is 0 Å². The Morgan fingerprint density at radius 2 is 1.11 bits per heavy atom. The molecule has 0 heterocycles. The minimum absolute atomic E-state index is 0.472. The van der Waals surface area contributed by atoms with E-state index >= 15 is 0 Å². The standard InChI is InChI=1S/C32H22O3S2/c33-37(34,35)36-31-20-19-29-27(23-11-5-2-6-12-23)15-8-16-30(29)32(31)25-17-18-28-24(21-25)13-7-14-26(28)22-9-3-1-4-10-22/h1-21H,(H,33,34,35). The maximum atomic E-state index is 11.9. The van der Waals surface area contributed by atoms with Gasteiger partial charge < -0.3 is 0 Å². The molecule has 0 atom stereocenters. The molecule has 0 aliphatic carbocycles. The Bertz CT molecular complexity index is 1860. The SMILES string of the molecule is O=S(=O)(O)Sc1ccc2c(-c3ccccc3)cccc2c1-c1ccc2c(-c3ccccc3)cccc2c1. The van der Waals surface area contributed by atoms with Crippen LogP contribution in [0.25, 0.3) is 54.9 Å².